The van der Waals surface area contributed by atoms with Crippen LogP contribution in [0, 0.1) is 11.7 Å². The van der Waals surface area contributed by atoms with Gasteiger partial charge in [-0.15, -0.1) is 0 Å². The first-order chi connectivity index (χ1) is 17.0. The molecule has 2 aliphatic rings. The summed E-state index contributed by atoms with van der Waals surface area (Å²) in [4.78, 5) is 41.4. The third-order valence-corrected chi connectivity index (χ3v) is 6.03. The molecule has 12 heteroatoms. The normalized spacial score (nSPS) is 15.7. The minimum absolute atomic E-state index is 0.0200. The van der Waals surface area contributed by atoms with Gasteiger partial charge in [0, 0.05) is 19.2 Å². The summed E-state index contributed by atoms with van der Waals surface area (Å²) in [6.07, 6.45) is 2.86. The van der Waals surface area contributed by atoms with Gasteiger partial charge in [0.25, 0.3) is 17.7 Å². The molecule has 0 bridgehead atoms. The number of amides is 3. The lowest BCUT2D eigenvalue weighted by molar-refractivity contribution is -0.118. The number of benzene rings is 1. The molecule has 2 aliphatic heterocycles. The van der Waals surface area contributed by atoms with Gasteiger partial charge in [-0.1, -0.05) is 6.07 Å². The van der Waals surface area contributed by atoms with E-state index in [0.29, 0.717) is 29.5 Å². The zero-order valence-electron chi connectivity index (χ0n) is 18.8. The van der Waals surface area contributed by atoms with Crippen molar-refractivity contribution >= 4 is 29.1 Å². The molecule has 0 atom stereocenters. The standard InChI is InChI=1S/C23H24FN7O4/c24-15-11-28-31-18(23(34)27-9-13-3-5-25-6-4-13)8-17(30-21(15)31)22(33)26-10-14-1-2-19-16(7-14)29-20(32)12-35-19/h1-2,7-8,11,13,25H,3-6,9-10,12H2,(H,26,33)(H,27,34)(H,29,32). The van der Waals surface area contributed by atoms with Gasteiger partial charge in [-0.05, 0) is 49.5 Å². The minimum atomic E-state index is -0.738. The largest absolute Gasteiger partial charge is 0.482 e. The molecule has 0 radical (unpaired) electrons. The van der Waals surface area contributed by atoms with Crippen LogP contribution in [0.5, 0.6) is 5.75 Å². The van der Waals surface area contributed by atoms with E-state index in [4.69, 9.17) is 4.74 Å². The Labute approximate surface area is 199 Å². The second kappa shape index (κ2) is 9.66. The lowest BCUT2D eigenvalue weighted by Crippen LogP contribution is -2.36. The number of nitrogens with zero attached hydrogens (tertiary/aromatic N) is 3. The predicted molar refractivity (Wildman–Crippen MR) is 123 cm³/mol. The summed E-state index contributed by atoms with van der Waals surface area (Å²) < 4.78 is 20.7. The number of rotatable bonds is 6. The van der Waals surface area contributed by atoms with Crippen molar-refractivity contribution in [2.75, 3.05) is 31.6 Å². The number of anilines is 1. The van der Waals surface area contributed by atoms with Crippen LogP contribution in [0.25, 0.3) is 5.65 Å². The van der Waals surface area contributed by atoms with Crippen LogP contribution in [0.4, 0.5) is 10.1 Å². The topological polar surface area (TPSA) is 139 Å². The van der Waals surface area contributed by atoms with Crippen molar-refractivity contribution in [3.63, 3.8) is 0 Å². The maximum Gasteiger partial charge on any atom is 0.270 e. The highest BCUT2D eigenvalue weighted by Crippen LogP contribution is 2.28. The molecule has 1 fully saturated rings. The van der Waals surface area contributed by atoms with Gasteiger partial charge in [-0.25, -0.2) is 13.9 Å². The predicted octanol–water partition coefficient (Wildman–Crippen LogP) is 0.859. The van der Waals surface area contributed by atoms with E-state index in [1.807, 2.05) is 0 Å². The van der Waals surface area contributed by atoms with Gasteiger partial charge >= 0.3 is 0 Å². The molecule has 1 saturated heterocycles. The van der Waals surface area contributed by atoms with Crippen LogP contribution in [-0.2, 0) is 11.3 Å². The highest BCUT2D eigenvalue weighted by molar-refractivity contribution is 5.98. The Hall–Kier alpha value is -4.06. The zero-order valence-corrected chi connectivity index (χ0v) is 18.8. The summed E-state index contributed by atoms with van der Waals surface area (Å²) in [6, 6.07) is 6.45. The molecule has 3 aromatic rings. The van der Waals surface area contributed by atoms with Crippen molar-refractivity contribution in [3.05, 3.63) is 53.2 Å². The molecule has 4 N–H and O–H groups in total. The molecule has 4 heterocycles. The van der Waals surface area contributed by atoms with Crippen molar-refractivity contribution in [2.24, 2.45) is 5.92 Å². The van der Waals surface area contributed by atoms with Crippen molar-refractivity contribution in [1.82, 2.24) is 30.5 Å². The monoisotopic (exact) mass is 481 g/mol. The first kappa shape index (κ1) is 22.7. The number of fused-ring (bicyclic) bond motifs is 2. The highest BCUT2D eigenvalue weighted by Gasteiger charge is 2.22. The van der Waals surface area contributed by atoms with Crippen LogP contribution in [0.15, 0.2) is 30.5 Å². The molecular formula is C23H24FN7O4. The molecule has 0 spiro atoms. The fraction of sp³-hybridized carbons (Fsp3) is 0.348. The van der Waals surface area contributed by atoms with E-state index < -0.39 is 17.6 Å². The number of piperidine rings is 1. The summed E-state index contributed by atoms with van der Waals surface area (Å²) in [7, 11) is 0. The molecule has 0 saturated carbocycles. The molecule has 5 rings (SSSR count). The van der Waals surface area contributed by atoms with Gasteiger partial charge in [0.2, 0.25) is 0 Å². The van der Waals surface area contributed by atoms with E-state index in [0.717, 1.165) is 36.6 Å². The third kappa shape index (κ3) is 4.92. The van der Waals surface area contributed by atoms with Crippen LogP contribution in [-0.4, -0.2) is 58.6 Å². The Morgan fingerprint density at radius 2 is 2.00 bits per heavy atom. The second-order valence-corrected chi connectivity index (χ2v) is 8.51. The summed E-state index contributed by atoms with van der Waals surface area (Å²) >= 11 is 0. The minimum Gasteiger partial charge on any atom is -0.482 e. The van der Waals surface area contributed by atoms with Gasteiger partial charge in [-0.3, -0.25) is 14.4 Å². The SMILES string of the molecule is O=C1COc2ccc(CNC(=O)c3cc(C(=O)NCC4CCNCC4)n4ncc(F)c4n3)cc2N1. The quantitative estimate of drug-likeness (QED) is 0.410. The van der Waals surface area contributed by atoms with Gasteiger partial charge in [0.15, 0.2) is 18.1 Å². The first-order valence-corrected chi connectivity index (χ1v) is 11.3. The second-order valence-electron chi connectivity index (χ2n) is 8.51. The molecule has 0 aliphatic carbocycles. The maximum atomic E-state index is 14.3. The number of hydrogen-bond acceptors (Lipinski definition) is 7. The molecule has 11 nitrogen and oxygen atoms in total. The van der Waals surface area contributed by atoms with Crippen LogP contribution < -0.4 is 26.0 Å². The Morgan fingerprint density at radius 1 is 1.17 bits per heavy atom. The third-order valence-electron chi connectivity index (χ3n) is 6.03. The average Bonchev–Trinajstić information content (AvgIpc) is 3.26. The number of carbonyl (C=O) groups excluding carboxylic acids is 3. The number of halogens is 1. The summed E-state index contributed by atoms with van der Waals surface area (Å²) in [6.45, 7) is 2.36. The maximum absolute atomic E-state index is 14.3. The Morgan fingerprint density at radius 3 is 2.83 bits per heavy atom. The fourth-order valence-electron chi connectivity index (χ4n) is 4.14. The van der Waals surface area contributed by atoms with Gasteiger partial charge in [-0.2, -0.15) is 5.10 Å². The van der Waals surface area contributed by atoms with E-state index in [2.05, 4.69) is 31.3 Å². The Kier molecular flexibility index (Phi) is 6.27. The average molecular weight is 481 g/mol. The van der Waals surface area contributed by atoms with Crippen LogP contribution in [0.2, 0.25) is 0 Å². The van der Waals surface area contributed by atoms with Gasteiger partial charge in [0.05, 0.1) is 11.9 Å². The summed E-state index contributed by atoms with van der Waals surface area (Å²) in [5, 5.41) is 15.5. The number of nitrogens with one attached hydrogen (secondary N) is 4. The molecule has 3 amide bonds. The van der Waals surface area contributed by atoms with Crippen LogP contribution in [0.3, 0.4) is 0 Å². The van der Waals surface area contributed by atoms with Gasteiger partial charge < -0.3 is 26.0 Å². The van der Waals surface area contributed by atoms with Crippen LogP contribution >= 0.6 is 0 Å². The number of carbonyl (C=O) groups is 3. The number of aromatic nitrogens is 3. The number of ether oxygens (including phenoxy) is 1. The van der Waals surface area contributed by atoms with E-state index >= 15 is 0 Å². The van der Waals surface area contributed by atoms with Crippen molar-refractivity contribution in [1.29, 1.82) is 0 Å². The smallest absolute Gasteiger partial charge is 0.270 e. The highest BCUT2D eigenvalue weighted by atomic mass is 19.1. The van der Waals surface area contributed by atoms with Crippen molar-refractivity contribution in [2.45, 2.75) is 19.4 Å². The molecule has 1 aromatic carbocycles. The molecular weight excluding hydrogens is 457 g/mol. The van der Waals surface area contributed by atoms with Crippen LogP contribution in [0.1, 0.15) is 39.4 Å². The first-order valence-electron chi connectivity index (χ1n) is 11.3. The number of hydrogen-bond donors (Lipinski definition) is 4. The molecule has 2 aromatic heterocycles. The summed E-state index contributed by atoms with van der Waals surface area (Å²) in [5.74, 6) is -1.15. The van der Waals surface area contributed by atoms with E-state index in [1.165, 1.54) is 6.07 Å². The molecule has 0 unspecified atom stereocenters. The van der Waals surface area contributed by atoms with Gasteiger partial charge in [0.1, 0.15) is 17.1 Å². The van der Waals surface area contributed by atoms with Crippen molar-refractivity contribution in [3.8, 4) is 5.75 Å². The van der Waals surface area contributed by atoms with E-state index in [-0.39, 0.29) is 36.1 Å². The zero-order chi connectivity index (χ0) is 24.4. The molecule has 35 heavy (non-hydrogen) atoms. The van der Waals surface area contributed by atoms with Crippen molar-refractivity contribution < 1.29 is 23.5 Å². The lowest BCUT2D eigenvalue weighted by atomic mass is 9.98. The summed E-state index contributed by atoms with van der Waals surface area (Å²) in [5.41, 5.74) is 0.921. The lowest BCUT2D eigenvalue weighted by Gasteiger charge is -2.22. The Balaban J connectivity index is 1.31. The van der Waals surface area contributed by atoms with E-state index in [9.17, 15) is 18.8 Å². The molecule has 182 valence electrons. The fourth-order valence-corrected chi connectivity index (χ4v) is 4.14. The van der Waals surface area contributed by atoms with E-state index in [1.54, 1.807) is 18.2 Å². The Bertz CT molecular complexity index is 1300.